The first-order chi connectivity index (χ1) is 9.00. The third-order valence-electron chi connectivity index (χ3n) is 3.65. The fourth-order valence-electron chi connectivity index (χ4n) is 2.44. The lowest BCUT2D eigenvalue weighted by Gasteiger charge is -2.34. The zero-order chi connectivity index (χ0) is 13.9. The van der Waals surface area contributed by atoms with E-state index in [4.69, 9.17) is 0 Å². The van der Waals surface area contributed by atoms with Crippen LogP contribution < -0.4 is 10.6 Å². The normalized spacial score (nSPS) is 26.2. The molecule has 1 aliphatic heterocycles. The van der Waals surface area contributed by atoms with Gasteiger partial charge in [0, 0.05) is 32.2 Å². The summed E-state index contributed by atoms with van der Waals surface area (Å²) in [6.45, 7) is 1.26. The molecule has 110 valence electrons. The van der Waals surface area contributed by atoms with E-state index in [2.05, 4.69) is 15.6 Å². The smallest absolute Gasteiger partial charge is 0.211 e. The molecule has 2 rings (SSSR count). The number of aliphatic imine (C=N–C) groups is 1. The van der Waals surface area contributed by atoms with Crippen LogP contribution in [0, 0.1) is 0 Å². The van der Waals surface area contributed by atoms with Crippen LogP contribution in [0.2, 0.25) is 0 Å². The Labute approximate surface area is 115 Å². The van der Waals surface area contributed by atoms with Gasteiger partial charge in [0.25, 0.3) is 0 Å². The number of piperidine rings is 1. The second-order valence-corrected chi connectivity index (χ2v) is 7.33. The molecule has 0 bridgehead atoms. The van der Waals surface area contributed by atoms with Gasteiger partial charge in [-0.25, -0.2) is 8.42 Å². The second-order valence-electron chi connectivity index (χ2n) is 5.40. The molecule has 2 aliphatic rings. The molecule has 6 nitrogen and oxygen atoms in total. The minimum absolute atomic E-state index is 0.0431. The maximum absolute atomic E-state index is 11.8. The molecule has 0 radical (unpaired) electrons. The number of sulfonamides is 1. The van der Waals surface area contributed by atoms with Gasteiger partial charge in [-0.2, -0.15) is 4.31 Å². The largest absolute Gasteiger partial charge is 0.355 e. The van der Waals surface area contributed by atoms with E-state index in [9.17, 15) is 8.42 Å². The minimum atomic E-state index is -3.11. The molecule has 2 fully saturated rings. The quantitative estimate of drug-likeness (QED) is 0.569. The molecular formula is C12H24N4O2S. The van der Waals surface area contributed by atoms with E-state index < -0.39 is 10.0 Å². The van der Waals surface area contributed by atoms with Crippen LogP contribution >= 0.6 is 0 Å². The minimum Gasteiger partial charge on any atom is -0.355 e. The van der Waals surface area contributed by atoms with Crippen molar-refractivity contribution in [2.45, 2.75) is 44.2 Å². The Morgan fingerprint density at radius 1 is 1.32 bits per heavy atom. The van der Waals surface area contributed by atoms with Crippen LogP contribution in [0.25, 0.3) is 0 Å². The van der Waals surface area contributed by atoms with Crippen molar-refractivity contribution in [1.29, 1.82) is 0 Å². The number of nitrogens with one attached hydrogen (secondary N) is 2. The maximum Gasteiger partial charge on any atom is 0.211 e. The van der Waals surface area contributed by atoms with Crippen LogP contribution in [0.15, 0.2) is 4.99 Å². The summed E-state index contributed by atoms with van der Waals surface area (Å²) in [6, 6.07) is 0.588. The third kappa shape index (κ3) is 4.35. The summed E-state index contributed by atoms with van der Waals surface area (Å²) in [5.41, 5.74) is 0. The van der Waals surface area contributed by atoms with Gasteiger partial charge in [-0.3, -0.25) is 4.99 Å². The molecule has 1 saturated carbocycles. The second kappa shape index (κ2) is 6.09. The zero-order valence-electron chi connectivity index (χ0n) is 11.7. The summed E-state index contributed by atoms with van der Waals surface area (Å²) in [5, 5.41) is 6.55. The monoisotopic (exact) mass is 288 g/mol. The highest BCUT2D eigenvalue weighted by Crippen LogP contribution is 2.20. The van der Waals surface area contributed by atoms with Crippen molar-refractivity contribution in [3.63, 3.8) is 0 Å². The molecule has 2 N–H and O–H groups in total. The SMILES string of the molecule is CN=C(NCC1CCCCN1S(C)(=O)=O)NC1CC1. The molecule has 0 aromatic heterocycles. The summed E-state index contributed by atoms with van der Waals surface area (Å²) in [7, 11) is -1.36. The molecular weight excluding hydrogens is 264 g/mol. The molecule has 0 spiro atoms. The standard InChI is InChI=1S/C12H24N4O2S/c1-13-12(15-10-6-7-10)14-9-11-5-3-4-8-16(11)19(2,17)18/h10-11H,3-9H2,1-2H3,(H2,13,14,15). The Kier molecular flexibility index (Phi) is 4.67. The topological polar surface area (TPSA) is 73.8 Å². The van der Waals surface area contributed by atoms with Gasteiger partial charge in [-0.05, 0) is 25.7 Å². The lowest BCUT2D eigenvalue weighted by atomic mass is 10.1. The van der Waals surface area contributed by atoms with Crippen LogP contribution in [0.3, 0.4) is 0 Å². The summed E-state index contributed by atoms with van der Waals surface area (Å²) in [5.74, 6) is 0.779. The van der Waals surface area contributed by atoms with Crippen molar-refractivity contribution in [2.75, 3.05) is 26.4 Å². The van der Waals surface area contributed by atoms with Gasteiger partial charge in [0.05, 0.1) is 6.26 Å². The van der Waals surface area contributed by atoms with Crippen molar-refractivity contribution < 1.29 is 8.42 Å². The Hall–Kier alpha value is -0.820. The lowest BCUT2D eigenvalue weighted by molar-refractivity contribution is 0.253. The highest BCUT2D eigenvalue weighted by molar-refractivity contribution is 7.88. The van der Waals surface area contributed by atoms with Crippen LogP contribution in [-0.4, -0.2) is 57.2 Å². The predicted octanol–water partition coefficient (Wildman–Crippen LogP) is 0.128. The van der Waals surface area contributed by atoms with Crippen LogP contribution in [0.4, 0.5) is 0 Å². The number of guanidine groups is 1. The average Bonchev–Trinajstić information content (AvgIpc) is 3.17. The van der Waals surface area contributed by atoms with Crippen molar-refractivity contribution >= 4 is 16.0 Å². The van der Waals surface area contributed by atoms with Crippen molar-refractivity contribution in [1.82, 2.24) is 14.9 Å². The molecule has 0 aromatic rings. The molecule has 1 unspecified atom stereocenters. The van der Waals surface area contributed by atoms with Gasteiger partial charge in [0.15, 0.2) is 5.96 Å². The molecule has 19 heavy (non-hydrogen) atoms. The van der Waals surface area contributed by atoms with Crippen LogP contribution in [-0.2, 0) is 10.0 Å². The average molecular weight is 288 g/mol. The molecule has 1 saturated heterocycles. The maximum atomic E-state index is 11.8. The number of nitrogens with zero attached hydrogens (tertiary/aromatic N) is 2. The Bertz CT molecular complexity index is 431. The summed E-state index contributed by atoms with van der Waals surface area (Å²) < 4.78 is 25.1. The molecule has 1 heterocycles. The Balaban J connectivity index is 1.88. The summed E-state index contributed by atoms with van der Waals surface area (Å²) in [4.78, 5) is 4.17. The van der Waals surface area contributed by atoms with E-state index in [0.29, 0.717) is 19.1 Å². The van der Waals surface area contributed by atoms with Gasteiger partial charge in [0.2, 0.25) is 10.0 Å². The molecule has 0 aromatic carbocycles. The van der Waals surface area contributed by atoms with Gasteiger partial charge in [0.1, 0.15) is 0 Å². The third-order valence-corrected chi connectivity index (χ3v) is 4.98. The van der Waals surface area contributed by atoms with Gasteiger partial charge in [-0.15, -0.1) is 0 Å². The summed E-state index contributed by atoms with van der Waals surface area (Å²) >= 11 is 0. The fourth-order valence-corrected chi connectivity index (χ4v) is 3.63. The van der Waals surface area contributed by atoms with Gasteiger partial charge in [-0.1, -0.05) is 6.42 Å². The van der Waals surface area contributed by atoms with Crippen molar-refractivity contribution in [3.05, 3.63) is 0 Å². The number of hydrogen-bond acceptors (Lipinski definition) is 3. The van der Waals surface area contributed by atoms with E-state index in [0.717, 1.165) is 25.2 Å². The number of rotatable bonds is 4. The lowest BCUT2D eigenvalue weighted by Crippen LogP contribution is -2.51. The van der Waals surface area contributed by atoms with Gasteiger partial charge >= 0.3 is 0 Å². The first-order valence-electron chi connectivity index (χ1n) is 6.94. The van der Waals surface area contributed by atoms with E-state index in [1.54, 1.807) is 11.4 Å². The predicted molar refractivity (Wildman–Crippen MR) is 76.7 cm³/mol. The highest BCUT2D eigenvalue weighted by Gasteiger charge is 2.29. The van der Waals surface area contributed by atoms with E-state index in [1.807, 2.05) is 0 Å². The van der Waals surface area contributed by atoms with Crippen molar-refractivity contribution in [2.24, 2.45) is 4.99 Å². The first-order valence-corrected chi connectivity index (χ1v) is 8.79. The first kappa shape index (κ1) is 14.6. The van der Waals surface area contributed by atoms with E-state index >= 15 is 0 Å². The fraction of sp³-hybridized carbons (Fsp3) is 0.917. The van der Waals surface area contributed by atoms with Crippen molar-refractivity contribution in [3.8, 4) is 0 Å². The van der Waals surface area contributed by atoms with E-state index in [1.165, 1.54) is 19.1 Å². The zero-order valence-corrected chi connectivity index (χ0v) is 12.5. The van der Waals surface area contributed by atoms with Gasteiger partial charge < -0.3 is 10.6 Å². The van der Waals surface area contributed by atoms with E-state index in [-0.39, 0.29) is 6.04 Å². The van der Waals surface area contributed by atoms with Crippen LogP contribution in [0.5, 0.6) is 0 Å². The molecule has 1 aliphatic carbocycles. The molecule has 1 atom stereocenters. The number of hydrogen-bond donors (Lipinski definition) is 2. The molecule has 0 amide bonds. The molecule has 7 heteroatoms. The Morgan fingerprint density at radius 2 is 2.05 bits per heavy atom. The Morgan fingerprint density at radius 3 is 2.63 bits per heavy atom. The highest BCUT2D eigenvalue weighted by atomic mass is 32.2. The van der Waals surface area contributed by atoms with Crippen LogP contribution in [0.1, 0.15) is 32.1 Å². The summed E-state index contributed by atoms with van der Waals surface area (Å²) in [6.07, 6.45) is 6.65.